The molecule has 0 bridgehead atoms. The highest BCUT2D eigenvalue weighted by Crippen LogP contribution is 2.44. The number of ether oxygens (including phenoxy) is 1. The van der Waals surface area contributed by atoms with Gasteiger partial charge in [-0.3, -0.25) is 0 Å². The van der Waals surface area contributed by atoms with Gasteiger partial charge in [-0.2, -0.15) is 0 Å². The van der Waals surface area contributed by atoms with Crippen molar-refractivity contribution < 1.29 is 19.4 Å². The van der Waals surface area contributed by atoms with Crippen LogP contribution < -0.4 is 5.32 Å². The third kappa shape index (κ3) is 3.30. The Hall–Kier alpha value is -3.08. The first-order chi connectivity index (χ1) is 11.7. The van der Waals surface area contributed by atoms with Crippen LogP contribution in [0.2, 0.25) is 0 Å². The van der Waals surface area contributed by atoms with Crippen LogP contribution in [0.4, 0.5) is 4.79 Å². The van der Waals surface area contributed by atoms with E-state index in [1.165, 1.54) is 17.2 Å². The lowest BCUT2D eigenvalue weighted by Gasteiger charge is -2.14. The summed E-state index contributed by atoms with van der Waals surface area (Å²) in [4.78, 5) is 22.1. The molecule has 0 aliphatic heterocycles. The molecule has 5 nitrogen and oxygen atoms in total. The molecule has 1 amide bonds. The van der Waals surface area contributed by atoms with Gasteiger partial charge in [-0.05, 0) is 22.3 Å². The minimum atomic E-state index is -1.05. The number of carbonyl (C=O) groups is 2. The van der Waals surface area contributed by atoms with E-state index in [9.17, 15) is 9.59 Å². The van der Waals surface area contributed by atoms with E-state index >= 15 is 0 Å². The van der Waals surface area contributed by atoms with Crippen LogP contribution in [-0.2, 0) is 9.53 Å². The second-order valence-electron chi connectivity index (χ2n) is 5.45. The van der Waals surface area contributed by atoms with Crippen molar-refractivity contribution in [1.82, 2.24) is 5.32 Å². The van der Waals surface area contributed by atoms with E-state index in [-0.39, 0.29) is 19.1 Å². The van der Waals surface area contributed by atoms with E-state index in [1.54, 1.807) is 0 Å². The molecule has 0 radical (unpaired) electrons. The molecule has 1 aliphatic rings. The molecule has 1 aliphatic carbocycles. The fraction of sp³-hybridized carbons (Fsp3) is 0.158. The summed E-state index contributed by atoms with van der Waals surface area (Å²) in [6.45, 7) is 0.353. The van der Waals surface area contributed by atoms with Crippen molar-refractivity contribution >= 4 is 12.1 Å². The van der Waals surface area contributed by atoms with Crippen molar-refractivity contribution in [2.24, 2.45) is 0 Å². The number of amides is 1. The number of nitrogens with one attached hydrogen (secondary N) is 1. The Morgan fingerprint density at radius 2 is 1.62 bits per heavy atom. The average molecular weight is 323 g/mol. The Labute approximate surface area is 139 Å². The molecule has 2 N–H and O–H groups in total. The largest absolute Gasteiger partial charge is 0.478 e. The van der Waals surface area contributed by atoms with Gasteiger partial charge in [-0.25, -0.2) is 9.59 Å². The predicted octanol–water partition coefficient (Wildman–Crippen LogP) is 3.17. The van der Waals surface area contributed by atoms with Gasteiger partial charge in [0.15, 0.2) is 0 Å². The first-order valence-electron chi connectivity index (χ1n) is 7.65. The fourth-order valence-corrected chi connectivity index (χ4v) is 2.95. The zero-order valence-electron chi connectivity index (χ0n) is 12.9. The van der Waals surface area contributed by atoms with Gasteiger partial charge in [0.2, 0.25) is 0 Å². The number of carboxylic acid groups (broad SMARTS) is 1. The van der Waals surface area contributed by atoms with Gasteiger partial charge < -0.3 is 15.2 Å². The molecular weight excluding hydrogens is 306 g/mol. The van der Waals surface area contributed by atoms with Gasteiger partial charge in [-0.15, -0.1) is 0 Å². The molecule has 0 saturated heterocycles. The van der Waals surface area contributed by atoms with Crippen LogP contribution in [0.1, 0.15) is 17.0 Å². The number of alkyl carbamates (subject to hydrolysis) is 1. The summed E-state index contributed by atoms with van der Waals surface area (Å²) >= 11 is 0. The number of hydrogen-bond donors (Lipinski definition) is 2. The van der Waals surface area contributed by atoms with Crippen molar-refractivity contribution in [3.05, 3.63) is 71.8 Å². The zero-order chi connectivity index (χ0) is 16.9. The number of carbonyl (C=O) groups excluding carboxylic acids is 1. The standard InChI is InChI=1S/C19H17NO4/c21-18(22)10-5-11-20-19(23)24-12-17-15-8-3-1-6-13(15)14-7-2-4-9-16(14)17/h1-10,17H,11-12H2,(H,20,23)(H,21,22)/b10-5+. The average Bonchev–Trinajstić information content (AvgIpc) is 2.91. The third-order valence-electron chi connectivity index (χ3n) is 3.97. The van der Waals surface area contributed by atoms with Gasteiger partial charge in [-0.1, -0.05) is 54.6 Å². The highest BCUT2D eigenvalue weighted by Gasteiger charge is 2.28. The third-order valence-corrected chi connectivity index (χ3v) is 3.97. The van der Waals surface area contributed by atoms with Gasteiger partial charge in [0.25, 0.3) is 0 Å². The number of benzene rings is 2. The number of aliphatic carboxylic acids is 1. The monoisotopic (exact) mass is 323 g/mol. The number of hydrogen-bond acceptors (Lipinski definition) is 3. The molecule has 5 heteroatoms. The van der Waals surface area contributed by atoms with Crippen LogP contribution in [-0.4, -0.2) is 30.3 Å². The van der Waals surface area contributed by atoms with Gasteiger partial charge >= 0.3 is 12.1 Å². The summed E-state index contributed by atoms with van der Waals surface area (Å²) in [6, 6.07) is 16.2. The molecular formula is C19H17NO4. The topological polar surface area (TPSA) is 75.6 Å². The quantitative estimate of drug-likeness (QED) is 0.829. The lowest BCUT2D eigenvalue weighted by atomic mass is 9.98. The first kappa shape index (κ1) is 15.8. The molecule has 0 aromatic heterocycles. The molecule has 0 saturated carbocycles. The Morgan fingerprint density at radius 1 is 1.04 bits per heavy atom. The minimum Gasteiger partial charge on any atom is -0.478 e. The number of carboxylic acids is 1. The van der Waals surface area contributed by atoms with Crippen LogP contribution in [0.25, 0.3) is 11.1 Å². The summed E-state index contributed by atoms with van der Waals surface area (Å²) in [5, 5.41) is 11.0. The summed E-state index contributed by atoms with van der Waals surface area (Å²) in [5.41, 5.74) is 4.65. The second-order valence-corrected chi connectivity index (χ2v) is 5.45. The second kappa shape index (κ2) is 7.00. The predicted molar refractivity (Wildman–Crippen MR) is 89.8 cm³/mol. The van der Waals surface area contributed by atoms with Crippen LogP contribution >= 0.6 is 0 Å². The summed E-state index contributed by atoms with van der Waals surface area (Å²) in [6.07, 6.45) is 1.76. The van der Waals surface area contributed by atoms with Crippen LogP contribution in [0, 0.1) is 0 Å². The summed E-state index contributed by atoms with van der Waals surface area (Å²) in [5.74, 6) is -1.04. The fourth-order valence-electron chi connectivity index (χ4n) is 2.95. The molecule has 0 atom stereocenters. The van der Waals surface area contributed by atoms with E-state index in [0.29, 0.717) is 0 Å². The van der Waals surface area contributed by atoms with Crippen molar-refractivity contribution in [1.29, 1.82) is 0 Å². The number of fused-ring (bicyclic) bond motifs is 3. The Bertz CT molecular complexity index is 752. The molecule has 122 valence electrons. The SMILES string of the molecule is O=C(O)/C=C/CNC(=O)OCC1c2ccccc2-c2ccccc21. The van der Waals surface area contributed by atoms with Crippen LogP contribution in [0.3, 0.4) is 0 Å². The molecule has 2 aromatic carbocycles. The molecule has 0 fully saturated rings. The molecule has 0 heterocycles. The minimum absolute atomic E-state index is 0.0118. The van der Waals surface area contributed by atoms with Crippen LogP contribution in [0.5, 0.6) is 0 Å². The van der Waals surface area contributed by atoms with Crippen molar-refractivity contribution in [3.8, 4) is 11.1 Å². The van der Waals surface area contributed by atoms with Gasteiger partial charge in [0.05, 0.1) is 0 Å². The van der Waals surface area contributed by atoms with Gasteiger partial charge in [0, 0.05) is 18.5 Å². The first-order valence-corrected chi connectivity index (χ1v) is 7.65. The van der Waals surface area contributed by atoms with E-state index in [1.807, 2.05) is 24.3 Å². The van der Waals surface area contributed by atoms with E-state index < -0.39 is 12.1 Å². The highest BCUT2D eigenvalue weighted by molar-refractivity contribution is 5.80. The Kier molecular flexibility index (Phi) is 4.61. The Balaban J connectivity index is 1.65. The summed E-state index contributed by atoms with van der Waals surface area (Å²) < 4.78 is 5.32. The molecule has 0 unspecified atom stereocenters. The highest BCUT2D eigenvalue weighted by atomic mass is 16.5. The zero-order valence-corrected chi connectivity index (χ0v) is 12.9. The van der Waals surface area contributed by atoms with Crippen molar-refractivity contribution in [2.75, 3.05) is 13.2 Å². The molecule has 2 aromatic rings. The normalized spacial score (nSPS) is 12.7. The summed E-state index contributed by atoms with van der Waals surface area (Å²) in [7, 11) is 0. The van der Waals surface area contributed by atoms with Crippen LogP contribution in [0.15, 0.2) is 60.7 Å². The molecule has 3 rings (SSSR count). The smallest absolute Gasteiger partial charge is 0.407 e. The lowest BCUT2D eigenvalue weighted by molar-refractivity contribution is -0.131. The van der Waals surface area contributed by atoms with E-state index in [2.05, 4.69) is 29.6 Å². The maximum atomic E-state index is 11.8. The number of rotatable bonds is 5. The lowest BCUT2D eigenvalue weighted by Crippen LogP contribution is -2.26. The maximum absolute atomic E-state index is 11.8. The molecule has 24 heavy (non-hydrogen) atoms. The van der Waals surface area contributed by atoms with E-state index in [0.717, 1.165) is 17.2 Å². The van der Waals surface area contributed by atoms with Crippen molar-refractivity contribution in [3.63, 3.8) is 0 Å². The van der Waals surface area contributed by atoms with Crippen molar-refractivity contribution in [2.45, 2.75) is 5.92 Å². The maximum Gasteiger partial charge on any atom is 0.407 e. The van der Waals surface area contributed by atoms with E-state index in [4.69, 9.17) is 9.84 Å². The van der Waals surface area contributed by atoms with Gasteiger partial charge in [0.1, 0.15) is 6.61 Å². The molecule has 0 spiro atoms. The Morgan fingerprint density at radius 3 is 2.21 bits per heavy atom.